The molecule has 0 aromatic rings. The lowest BCUT2D eigenvalue weighted by Gasteiger charge is -2.27. The van der Waals surface area contributed by atoms with E-state index in [0.29, 0.717) is 12.2 Å². The highest BCUT2D eigenvalue weighted by Gasteiger charge is 2.26. The highest BCUT2D eigenvalue weighted by atomic mass is 16.2. The van der Waals surface area contributed by atoms with E-state index in [1.54, 1.807) is 0 Å². The lowest BCUT2D eigenvalue weighted by Crippen LogP contribution is -2.36. The van der Waals surface area contributed by atoms with E-state index in [0.717, 1.165) is 51.6 Å². The average molecular weight is 209 g/mol. The molecule has 0 bridgehead atoms. The second kappa shape index (κ2) is 4.77. The molecule has 1 saturated heterocycles. The van der Waals surface area contributed by atoms with Crippen molar-refractivity contribution < 1.29 is 9.59 Å². The predicted molar refractivity (Wildman–Crippen MR) is 57.4 cm³/mol. The van der Waals surface area contributed by atoms with Gasteiger partial charge in [-0.2, -0.15) is 0 Å². The molecule has 2 aliphatic rings. The van der Waals surface area contributed by atoms with Gasteiger partial charge in [0.1, 0.15) is 5.78 Å². The zero-order valence-electron chi connectivity index (χ0n) is 9.21. The van der Waals surface area contributed by atoms with Gasteiger partial charge in [0, 0.05) is 31.8 Å². The van der Waals surface area contributed by atoms with Gasteiger partial charge in [-0.3, -0.25) is 9.59 Å². The fourth-order valence-corrected chi connectivity index (χ4v) is 2.60. The van der Waals surface area contributed by atoms with Gasteiger partial charge in [0.05, 0.1) is 0 Å². The van der Waals surface area contributed by atoms with Crippen LogP contribution in [0.1, 0.15) is 44.9 Å². The van der Waals surface area contributed by atoms with E-state index in [1.807, 2.05) is 4.90 Å². The summed E-state index contributed by atoms with van der Waals surface area (Å²) in [6, 6.07) is 0. The molecule has 84 valence electrons. The molecule has 1 aliphatic carbocycles. The number of piperidine rings is 1. The summed E-state index contributed by atoms with van der Waals surface area (Å²) in [5, 5.41) is 0. The van der Waals surface area contributed by atoms with Crippen molar-refractivity contribution >= 4 is 11.7 Å². The van der Waals surface area contributed by atoms with Crippen LogP contribution in [0, 0.1) is 5.92 Å². The van der Waals surface area contributed by atoms with Crippen molar-refractivity contribution in [2.45, 2.75) is 44.9 Å². The lowest BCUT2D eigenvalue weighted by atomic mass is 10.0. The van der Waals surface area contributed by atoms with Crippen molar-refractivity contribution in [3.63, 3.8) is 0 Å². The Morgan fingerprint density at radius 1 is 1.13 bits per heavy atom. The van der Waals surface area contributed by atoms with E-state index < -0.39 is 0 Å². The summed E-state index contributed by atoms with van der Waals surface area (Å²) >= 11 is 0. The SMILES string of the molecule is O=C1CCCC1CCN1CCCCC1=O. The fraction of sp³-hybridized carbons (Fsp3) is 0.833. The molecule has 2 fully saturated rings. The van der Waals surface area contributed by atoms with Crippen LogP contribution in [0.15, 0.2) is 0 Å². The summed E-state index contributed by atoms with van der Waals surface area (Å²) < 4.78 is 0. The maximum absolute atomic E-state index is 11.5. The number of carbonyl (C=O) groups excluding carboxylic acids is 2. The van der Waals surface area contributed by atoms with Crippen molar-refractivity contribution in [1.82, 2.24) is 4.90 Å². The second-order valence-electron chi connectivity index (χ2n) is 4.68. The molecule has 15 heavy (non-hydrogen) atoms. The quantitative estimate of drug-likeness (QED) is 0.710. The first-order valence-electron chi connectivity index (χ1n) is 6.08. The summed E-state index contributed by atoms with van der Waals surface area (Å²) in [6.07, 6.45) is 6.63. The van der Waals surface area contributed by atoms with Crippen LogP contribution in [0.5, 0.6) is 0 Å². The third-order valence-corrected chi connectivity index (χ3v) is 3.60. The molecule has 0 aromatic heterocycles. The van der Waals surface area contributed by atoms with Crippen molar-refractivity contribution in [1.29, 1.82) is 0 Å². The van der Waals surface area contributed by atoms with Crippen LogP contribution in [-0.2, 0) is 9.59 Å². The number of likely N-dealkylation sites (tertiary alicyclic amines) is 1. The Labute approximate surface area is 90.8 Å². The highest BCUT2D eigenvalue weighted by Crippen LogP contribution is 2.25. The lowest BCUT2D eigenvalue weighted by molar-refractivity contribution is -0.134. The first kappa shape index (κ1) is 10.7. The number of rotatable bonds is 3. The van der Waals surface area contributed by atoms with Crippen molar-refractivity contribution in [3.05, 3.63) is 0 Å². The van der Waals surface area contributed by atoms with Crippen LogP contribution >= 0.6 is 0 Å². The number of carbonyl (C=O) groups is 2. The number of nitrogens with zero attached hydrogens (tertiary/aromatic N) is 1. The van der Waals surface area contributed by atoms with E-state index in [1.165, 1.54) is 0 Å². The Hall–Kier alpha value is -0.860. The summed E-state index contributed by atoms with van der Waals surface area (Å²) in [5.41, 5.74) is 0. The largest absolute Gasteiger partial charge is 0.343 e. The maximum atomic E-state index is 11.5. The Bertz CT molecular complexity index is 262. The topological polar surface area (TPSA) is 37.4 Å². The van der Waals surface area contributed by atoms with Crippen LogP contribution in [0.2, 0.25) is 0 Å². The molecular formula is C12H19NO2. The van der Waals surface area contributed by atoms with Crippen LogP contribution in [0.25, 0.3) is 0 Å². The first-order valence-corrected chi connectivity index (χ1v) is 6.08. The zero-order chi connectivity index (χ0) is 10.7. The molecule has 1 amide bonds. The number of hydrogen-bond acceptors (Lipinski definition) is 2. The third-order valence-electron chi connectivity index (χ3n) is 3.60. The number of Topliss-reactive ketones (excluding diaryl/α,β-unsaturated/α-hetero) is 1. The monoisotopic (exact) mass is 209 g/mol. The summed E-state index contributed by atoms with van der Waals surface area (Å²) in [6.45, 7) is 1.70. The molecule has 3 nitrogen and oxygen atoms in total. The van der Waals surface area contributed by atoms with Gasteiger partial charge in [-0.05, 0) is 32.1 Å². The van der Waals surface area contributed by atoms with Gasteiger partial charge in [-0.25, -0.2) is 0 Å². The Morgan fingerprint density at radius 2 is 2.00 bits per heavy atom. The van der Waals surface area contributed by atoms with E-state index in [9.17, 15) is 9.59 Å². The van der Waals surface area contributed by atoms with Gasteiger partial charge >= 0.3 is 0 Å². The first-order chi connectivity index (χ1) is 7.27. The number of ketones is 1. The predicted octanol–water partition coefficient (Wildman–Crippen LogP) is 1.76. The van der Waals surface area contributed by atoms with Crippen LogP contribution in [0.4, 0.5) is 0 Å². The molecule has 2 rings (SSSR count). The van der Waals surface area contributed by atoms with Gasteiger partial charge in [0.2, 0.25) is 5.91 Å². The van der Waals surface area contributed by atoms with Gasteiger partial charge in [0.25, 0.3) is 0 Å². The molecule has 1 heterocycles. The standard InChI is InChI=1S/C12H19NO2/c14-11-5-3-4-10(11)7-9-13-8-2-1-6-12(13)15/h10H,1-9H2. The number of hydrogen-bond donors (Lipinski definition) is 0. The average Bonchev–Trinajstić information content (AvgIpc) is 2.63. The summed E-state index contributed by atoms with van der Waals surface area (Å²) in [7, 11) is 0. The van der Waals surface area contributed by atoms with E-state index in [-0.39, 0.29) is 11.8 Å². The van der Waals surface area contributed by atoms with Crippen molar-refractivity contribution in [2.24, 2.45) is 5.92 Å². The Balaban J connectivity index is 1.76. The molecule has 1 saturated carbocycles. The minimum Gasteiger partial charge on any atom is -0.343 e. The normalized spacial score (nSPS) is 27.5. The molecule has 0 N–H and O–H groups in total. The molecule has 0 aromatic carbocycles. The summed E-state index contributed by atoms with van der Waals surface area (Å²) in [5.74, 6) is 0.950. The fourth-order valence-electron chi connectivity index (χ4n) is 2.60. The minimum atomic E-state index is 0.250. The molecule has 0 radical (unpaired) electrons. The van der Waals surface area contributed by atoms with Crippen molar-refractivity contribution in [3.8, 4) is 0 Å². The van der Waals surface area contributed by atoms with Crippen LogP contribution in [-0.4, -0.2) is 29.7 Å². The molecule has 1 atom stereocenters. The molecular weight excluding hydrogens is 190 g/mol. The minimum absolute atomic E-state index is 0.250. The smallest absolute Gasteiger partial charge is 0.222 e. The maximum Gasteiger partial charge on any atom is 0.222 e. The van der Waals surface area contributed by atoms with Gasteiger partial charge in [-0.1, -0.05) is 0 Å². The highest BCUT2D eigenvalue weighted by molar-refractivity contribution is 5.83. The van der Waals surface area contributed by atoms with Gasteiger partial charge < -0.3 is 4.90 Å². The van der Waals surface area contributed by atoms with Crippen LogP contribution < -0.4 is 0 Å². The van der Waals surface area contributed by atoms with Crippen molar-refractivity contribution in [2.75, 3.05) is 13.1 Å². The Kier molecular flexibility index (Phi) is 3.39. The number of amides is 1. The van der Waals surface area contributed by atoms with E-state index in [4.69, 9.17) is 0 Å². The molecule has 1 unspecified atom stereocenters. The molecule has 3 heteroatoms. The Morgan fingerprint density at radius 3 is 2.67 bits per heavy atom. The zero-order valence-corrected chi connectivity index (χ0v) is 9.21. The van der Waals surface area contributed by atoms with Crippen LogP contribution in [0.3, 0.4) is 0 Å². The van der Waals surface area contributed by atoms with E-state index in [2.05, 4.69) is 0 Å². The van der Waals surface area contributed by atoms with Gasteiger partial charge in [-0.15, -0.1) is 0 Å². The third kappa shape index (κ3) is 2.58. The molecule has 0 spiro atoms. The second-order valence-corrected chi connectivity index (χ2v) is 4.68. The molecule has 1 aliphatic heterocycles. The van der Waals surface area contributed by atoms with Gasteiger partial charge in [0.15, 0.2) is 0 Å². The summed E-state index contributed by atoms with van der Waals surface area (Å²) in [4.78, 5) is 24.9. The van der Waals surface area contributed by atoms with E-state index >= 15 is 0 Å².